The van der Waals surface area contributed by atoms with Gasteiger partial charge in [0.2, 0.25) is 0 Å². The Morgan fingerprint density at radius 2 is 1.57 bits per heavy atom. The van der Waals surface area contributed by atoms with E-state index < -0.39 is 10.0 Å². The van der Waals surface area contributed by atoms with Crippen molar-refractivity contribution in [3.63, 3.8) is 0 Å². The summed E-state index contributed by atoms with van der Waals surface area (Å²) in [6.45, 7) is 3.97. The molecule has 0 N–H and O–H groups in total. The smallest absolute Gasteiger partial charge is 0.268 e. The first kappa shape index (κ1) is 22.3. The van der Waals surface area contributed by atoms with Gasteiger partial charge in [-0.2, -0.15) is 0 Å². The third-order valence-corrected chi connectivity index (χ3v) is 7.10. The maximum Gasteiger partial charge on any atom is 0.268 e. The molecule has 0 atom stereocenters. The standard InChI is InChI=1S/C21H25N3O4S.ClH/c1-22-10-12-23(13-11-22)17-4-6-19-16(14-17)8-9-24(19)29(25,26)18-5-7-20(27-2)21(15-18)28-3;/h4-9,14-15H,10-13H2,1-3H3;1H. The largest absolute Gasteiger partial charge is 0.493 e. The summed E-state index contributed by atoms with van der Waals surface area (Å²) < 4.78 is 38.3. The molecule has 1 aliphatic rings. The number of nitrogens with zero attached hydrogens (tertiary/aromatic N) is 3. The van der Waals surface area contributed by atoms with E-state index in [-0.39, 0.29) is 17.3 Å². The average molecular weight is 452 g/mol. The molecular weight excluding hydrogens is 426 g/mol. The minimum Gasteiger partial charge on any atom is -0.493 e. The highest BCUT2D eigenvalue weighted by molar-refractivity contribution is 7.90. The SMILES string of the molecule is COc1ccc(S(=O)(=O)n2ccc3cc(N4CCN(C)CC4)ccc32)cc1OC.Cl. The lowest BCUT2D eigenvalue weighted by Gasteiger charge is -2.34. The van der Waals surface area contributed by atoms with Gasteiger partial charge < -0.3 is 19.3 Å². The van der Waals surface area contributed by atoms with E-state index in [0.29, 0.717) is 17.0 Å². The van der Waals surface area contributed by atoms with E-state index in [1.807, 2.05) is 18.2 Å². The molecule has 30 heavy (non-hydrogen) atoms. The van der Waals surface area contributed by atoms with Crippen LogP contribution in [-0.4, -0.2) is 64.7 Å². The Balaban J connectivity index is 0.00000256. The number of fused-ring (bicyclic) bond motifs is 1. The van der Waals surface area contributed by atoms with E-state index >= 15 is 0 Å². The van der Waals surface area contributed by atoms with Crippen LogP contribution in [-0.2, 0) is 10.0 Å². The molecule has 0 bridgehead atoms. The van der Waals surface area contributed by atoms with Gasteiger partial charge in [-0.15, -0.1) is 12.4 Å². The number of methoxy groups -OCH3 is 2. The van der Waals surface area contributed by atoms with Crippen LogP contribution in [0.1, 0.15) is 0 Å². The zero-order valence-electron chi connectivity index (χ0n) is 17.2. The van der Waals surface area contributed by atoms with Crippen molar-refractivity contribution in [2.24, 2.45) is 0 Å². The molecule has 2 aromatic carbocycles. The van der Waals surface area contributed by atoms with Gasteiger partial charge in [0.25, 0.3) is 10.0 Å². The lowest BCUT2D eigenvalue weighted by Crippen LogP contribution is -2.44. The molecule has 1 saturated heterocycles. The Bertz CT molecular complexity index is 1140. The van der Waals surface area contributed by atoms with Crippen LogP contribution in [0.25, 0.3) is 10.9 Å². The van der Waals surface area contributed by atoms with Crippen molar-refractivity contribution in [2.75, 3.05) is 52.3 Å². The number of anilines is 1. The Hall–Kier alpha value is -2.42. The van der Waals surface area contributed by atoms with E-state index in [2.05, 4.69) is 22.9 Å². The molecule has 0 aliphatic carbocycles. The fourth-order valence-corrected chi connectivity index (χ4v) is 5.04. The number of aromatic nitrogens is 1. The van der Waals surface area contributed by atoms with Crippen molar-refractivity contribution in [2.45, 2.75) is 4.90 Å². The minimum absolute atomic E-state index is 0. The molecule has 4 rings (SSSR count). The van der Waals surface area contributed by atoms with Crippen LogP contribution in [0.2, 0.25) is 0 Å². The van der Waals surface area contributed by atoms with Crippen LogP contribution >= 0.6 is 12.4 Å². The summed E-state index contributed by atoms with van der Waals surface area (Å²) in [5, 5.41) is 0.894. The highest BCUT2D eigenvalue weighted by Gasteiger charge is 2.22. The predicted octanol–water partition coefficient (Wildman–Crippen LogP) is 3.07. The number of benzene rings is 2. The Morgan fingerprint density at radius 3 is 2.23 bits per heavy atom. The number of halogens is 1. The van der Waals surface area contributed by atoms with Gasteiger partial charge in [0.15, 0.2) is 11.5 Å². The van der Waals surface area contributed by atoms with Crippen molar-refractivity contribution in [1.82, 2.24) is 8.87 Å². The second kappa shape index (κ2) is 8.75. The van der Waals surface area contributed by atoms with E-state index in [1.54, 1.807) is 12.3 Å². The van der Waals surface area contributed by atoms with Crippen LogP contribution in [0.5, 0.6) is 11.5 Å². The third-order valence-electron chi connectivity index (χ3n) is 5.42. The number of piperazine rings is 1. The highest BCUT2D eigenvalue weighted by Crippen LogP contribution is 2.32. The van der Waals surface area contributed by atoms with Crippen molar-refractivity contribution in [3.8, 4) is 11.5 Å². The zero-order chi connectivity index (χ0) is 20.6. The van der Waals surface area contributed by atoms with Crippen LogP contribution in [0, 0.1) is 0 Å². The highest BCUT2D eigenvalue weighted by atomic mass is 35.5. The van der Waals surface area contributed by atoms with Crippen molar-refractivity contribution in [1.29, 1.82) is 0 Å². The van der Waals surface area contributed by atoms with Gasteiger partial charge in [-0.05, 0) is 43.4 Å². The lowest BCUT2D eigenvalue weighted by atomic mass is 10.2. The fourth-order valence-electron chi connectivity index (χ4n) is 3.67. The Kier molecular flexibility index (Phi) is 6.50. The van der Waals surface area contributed by atoms with Crippen LogP contribution < -0.4 is 14.4 Å². The van der Waals surface area contributed by atoms with Crippen LogP contribution in [0.4, 0.5) is 5.69 Å². The number of ether oxygens (including phenoxy) is 2. The molecule has 2 heterocycles. The normalized spacial score (nSPS) is 15.1. The van der Waals surface area contributed by atoms with Gasteiger partial charge in [-0.3, -0.25) is 0 Å². The van der Waals surface area contributed by atoms with Gasteiger partial charge in [-0.25, -0.2) is 12.4 Å². The molecule has 0 radical (unpaired) electrons. The number of hydrogen-bond donors (Lipinski definition) is 0. The maximum absolute atomic E-state index is 13.3. The number of rotatable bonds is 5. The van der Waals surface area contributed by atoms with Gasteiger partial charge in [0.05, 0.1) is 24.6 Å². The summed E-state index contributed by atoms with van der Waals surface area (Å²) in [5.74, 6) is 0.864. The second-order valence-corrected chi connectivity index (χ2v) is 8.98. The maximum atomic E-state index is 13.3. The molecule has 1 fully saturated rings. The monoisotopic (exact) mass is 451 g/mol. The molecule has 9 heteroatoms. The fraction of sp³-hybridized carbons (Fsp3) is 0.333. The molecule has 1 aromatic heterocycles. The first-order valence-corrected chi connectivity index (χ1v) is 10.9. The van der Waals surface area contributed by atoms with Crippen molar-refractivity contribution in [3.05, 3.63) is 48.7 Å². The van der Waals surface area contributed by atoms with Crippen LogP contribution in [0.3, 0.4) is 0 Å². The molecule has 162 valence electrons. The van der Waals surface area contributed by atoms with E-state index in [4.69, 9.17) is 9.47 Å². The minimum atomic E-state index is -3.76. The predicted molar refractivity (Wildman–Crippen MR) is 121 cm³/mol. The molecule has 1 aliphatic heterocycles. The van der Waals surface area contributed by atoms with E-state index in [1.165, 1.54) is 30.3 Å². The quantitative estimate of drug-likeness (QED) is 0.594. The molecule has 0 amide bonds. The van der Waals surface area contributed by atoms with Crippen molar-refractivity contribution >= 4 is 39.0 Å². The Morgan fingerprint density at radius 1 is 0.867 bits per heavy atom. The summed E-state index contributed by atoms with van der Waals surface area (Å²) in [4.78, 5) is 4.79. The molecule has 7 nitrogen and oxygen atoms in total. The molecular formula is C21H26ClN3O4S. The van der Waals surface area contributed by atoms with Gasteiger partial charge in [-0.1, -0.05) is 0 Å². The topological polar surface area (TPSA) is 64.0 Å². The number of likely N-dealkylation sites (N-methyl/N-ethyl adjacent to an activating group) is 1. The molecule has 0 saturated carbocycles. The summed E-state index contributed by atoms with van der Waals surface area (Å²) in [5.41, 5.74) is 1.77. The average Bonchev–Trinajstić information content (AvgIpc) is 3.17. The summed E-state index contributed by atoms with van der Waals surface area (Å²) >= 11 is 0. The first-order valence-electron chi connectivity index (χ1n) is 9.46. The first-order chi connectivity index (χ1) is 13.9. The van der Waals surface area contributed by atoms with Gasteiger partial charge in [0, 0.05) is 49.5 Å². The number of hydrogen-bond acceptors (Lipinski definition) is 6. The summed E-state index contributed by atoms with van der Waals surface area (Å²) in [7, 11) is 1.36. The lowest BCUT2D eigenvalue weighted by molar-refractivity contribution is 0.313. The third kappa shape index (κ3) is 3.95. The summed E-state index contributed by atoms with van der Waals surface area (Å²) in [6, 6.07) is 12.4. The van der Waals surface area contributed by atoms with E-state index in [0.717, 1.165) is 37.3 Å². The molecule has 3 aromatic rings. The summed E-state index contributed by atoms with van der Waals surface area (Å²) in [6.07, 6.45) is 1.60. The zero-order valence-corrected chi connectivity index (χ0v) is 18.9. The van der Waals surface area contributed by atoms with E-state index in [9.17, 15) is 8.42 Å². The molecule has 0 unspecified atom stereocenters. The van der Waals surface area contributed by atoms with Gasteiger partial charge in [0.1, 0.15) is 0 Å². The van der Waals surface area contributed by atoms with Crippen LogP contribution in [0.15, 0.2) is 53.6 Å². The Labute approximate surface area is 183 Å². The van der Waals surface area contributed by atoms with Crippen molar-refractivity contribution < 1.29 is 17.9 Å². The molecule has 0 spiro atoms. The second-order valence-electron chi connectivity index (χ2n) is 7.17. The van der Waals surface area contributed by atoms with Gasteiger partial charge >= 0.3 is 0 Å².